The molecule has 0 saturated heterocycles. The molecule has 1 atom stereocenters. The van der Waals surface area contributed by atoms with Crippen LogP contribution < -0.4 is 10.1 Å². The highest BCUT2D eigenvalue weighted by atomic mass is 32.2. The number of hydrogen-bond donors (Lipinski definition) is 1. The molecule has 1 heterocycles. The van der Waals surface area contributed by atoms with Crippen molar-refractivity contribution in [1.29, 1.82) is 0 Å². The molecule has 1 N–H and O–H groups in total. The zero-order valence-corrected chi connectivity index (χ0v) is 16.4. The summed E-state index contributed by atoms with van der Waals surface area (Å²) in [6, 6.07) is 16.4. The summed E-state index contributed by atoms with van der Waals surface area (Å²) in [7, 11) is -2.29. The second kappa shape index (κ2) is 8.31. The van der Waals surface area contributed by atoms with E-state index in [9.17, 15) is 13.2 Å². The molecule has 0 aliphatic heterocycles. The van der Waals surface area contributed by atoms with E-state index < -0.39 is 15.1 Å². The van der Waals surface area contributed by atoms with Gasteiger partial charge in [0, 0.05) is 12.1 Å². The first-order valence-electron chi connectivity index (χ1n) is 8.68. The summed E-state index contributed by atoms with van der Waals surface area (Å²) in [6.07, 6.45) is 1.41. The number of furan rings is 1. The molecule has 0 aliphatic rings. The second-order valence-electron chi connectivity index (χ2n) is 6.30. The van der Waals surface area contributed by atoms with Crippen LogP contribution in [0.2, 0.25) is 0 Å². The van der Waals surface area contributed by atoms with Crippen LogP contribution in [0.5, 0.6) is 5.75 Å². The van der Waals surface area contributed by atoms with Gasteiger partial charge in [-0.25, -0.2) is 8.42 Å². The zero-order chi connectivity index (χ0) is 20.1. The summed E-state index contributed by atoms with van der Waals surface area (Å²) in [4.78, 5) is 12.5. The van der Waals surface area contributed by atoms with Crippen LogP contribution in [-0.2, 0) is 9.84 Å². The van der Waals surface area contributed by atoms with Crippen molar-refractivity contribution < 1.29 is 22.4 Å². The fraction of sp³-hybridized carbons (Fsp3) is 0.190. The summed E-state index contributed by atoms with van der Waals surface area (Å²) >= 11 is 0. The van der Waals surface area contributed by atoms with E-state index in [-0.39, 0.29) is 23.1 Å². The zero-order valence-electron chi connectivity index (χ0n) is 15.6. The van der Waals surface area contributed by atoms with Gasteiger partial charge >= 0.3 is 0 Å². The number of carbonyl (C=O) groups excluding carboxylic acids is 1. The highest BCUT2D eigenvalue weighted by Gasteiger charge is 2.32. The van der Waals surface area contributed by atoms with Gasteiger partial charge in [0.05, 0.1) is 18.3 Å². The van der Waals surface area contributed by atoms with Crippen LogP contribution in [0, 0.1) is 6.92 Å². The van der Waals surface area contributed by atoms with Gasteiger partial charge in [-0.2, -0.15) is 0 Å². The van der Waals surface area contributed by atoms with Gasteiger partial charge in [0.15, 0.2) is 9.84 Å². The lowest BCUT2D eigenvalue weighted by Crippen LogP contribution is -2.31. The summed E-state index contributed by atoms with van der Waals surface area (Å²) < 4.78 is 36.8. The maximum atomic E-state index is 13.2. The molecule has 2 aromatic carbocycles. The van der Waals surface area contributed by atoms with Crippen molar-refractivity contribution in [2.75, 3.05) is 13.7 Å². The molecular weight excluding hydrogens is 378 g/mol. The molecule has 1 amide bonds. The largest absolute Gasteiger partial charge is 0.497 e. The number of benzene rings is 2. The van der Waals surface area contributed by atoms with Crippen LogP contribution in [-0.4, -0.2) is 28.0 Å². The molecule has 0 bridgehead atoms. The predicted octanol–water partition coefficient (Wildman–Crippen LogP) is 3.54. The van der Waals surface area contributed by atoms with Crippen LogP contribution in [0.1, 0.15) is 26.9 Å². The van der Waals surface area contributed by atoms with Gasteiger partial charge in [-0.3, -0.25) is 4.79 Å². The Kier molecular flexibility index (Phi) is 5.84. The van der Waals surface area contributed by atoms with Crippen LogP contribution in [0.3, 0.4) is 0 Å². The number of methoxy groups -OCH3 is 1. The number of carbonyl (C=O) groups is 1. The highest BCUT2D eigenvalue weighted by Crippen LogP contribution is 2.30. The van der Waals surface area contributed by atoms with Crippen LogP contribution in [0.15, 0.2) is 76.2 Å². The average Bonchev–Trinajstić information content (AvgIpc) is 3.22. The molecule has 0 spiro atoms. The van der Waals surface area contributed by atoms with E-state index in [0.717, 1.165) is 5.56 Å². The van der Waals surface area contributed by atoms with Gasteiger partial charge in [0.25, 0.3) is 5.91 Å². The molecule has 6 nitrogen and oxygen atoms in total. The first-order valence-corrected chi connectivity index (χ1v) is 10.2. The van der Waals surface area contributed by atoms with Gasteiger partial charge in [0.1, 0.15) is 16.8 Å². The van der Waals surface area contributed by atoms with E-state index in [1.165, 1.54) is 25.5 Å². The topological polar surface area (TPSA) is 85.6 Å². The first kappa shape index (κ1) is 19.7. The van der Waals surface area contributed by atoms with Gasteiger partial charge in [-0.05, 0) is 55.5 Å². The van der Waals surface area contributed by atoms with Gasteiger partial charge in [0.2, 0.25) is 0 Å². The molecule has 3 rings (SSSR count). The summed E-state index contributed by atoms with van der Waals surface area (Å²) in [5.41, 5.74) is 1.50. The van der Waals surface area contributed by atoms with Crippen molar-refractivity contribution in [1.82, 2.24) is 5.32 Å². The lowest BCUT2D eigenvalue weighted by molar-refractivity contribution is 0.0953. The van der Waals surface area contributed by atoms with Crippen molar-refractivity contribution in [3.05, 3.63) is 83.8 Å². The highest BCUT2D eigenvalue weighted by molar-refractivity contribution is 7.91. The minimum atomic E-state index is -3.80. The number of sulfone groups is 1. The lowest BCUT2D eigenvalue weighted by atomic mass is 10.1. The van der Waals surface area contributed by atoms with E-state index in [1.807, 2.05) is 19.1 Å². The maximum Gasteiger partial charge on any atom is 0.251 e. The Morgan fingerprint density at radius 2 is 1.75 bits per heavy atom. The van der Waals surface area contributed by atoms with Crippen LogP contribution in [0.4, 0.5) is 0 Å². The summed E-state index contributed by atoms with van der Waals surface area (Å²) in [6.45, 7) is 1.81. The van der Waals surface area contributed by atoms with E-state index in [4.69, 9.17) is 9.15 Å². The van der Waals surface area contributed by atoms with E-state index in [2.05, 4.69) is 5.32 Å². The molecule has 0 fully saturated rings. The molecular formula is C21H21NO5S. The molecule has 3 aromatic rings. The van der Waals surface area contributed by atoms with Crippen LogP contribution >= 0.6 is 0 Å². The molecule has 28 heavy (non-hydrogen) atoms. The monoisotopic (exact) mass is 399 g/mol. The van der Waals surface area contributed by atoms with Crippen LogP contribution in [0.25, 0.3) is 0 Å². The number of ether oxygens (including phenoxy) is 1. The fourth-order valence-electron chi connectivity index (χ4n) is 2.76. The van der Waals surface area contributed by atoms with Crippen molar-refractivity contribution in [3.8, 4) is 5.75 Å². The smallest absolute Gasteiger partial charge is 0.251 e. The molecule has 0 aliphatic carbocycles. The minimum absolute atomic E-state index is 0.116. The predicted molar refractivity (Wildman–Crippen MR) is 105 cm³/mol. The third-order valence-corrected chi connectivity index (χ3v) is 6.46. The Hall–Kier alpha value is -3.06. The molecule has 1 unspecified atom stereocenters. The number of amides is 1. The van der Waals surface area contributed by atoms with E-state index in [1.54, 1.807) is 36.4 Å². The Bertz CT molecular complexity index is 1020. The minimum Gasteiger partial charge on any atom is -0.497 e. The van der Waals surface area contributed by atoms with Gasteiger partial charge in [-0.15, -0.1) is 0 Å². The lowest BCUT2D eigenvalue weighted by Gasteiger charge is -2.17. The quantitative estimate of drug-likeness (QED) is 0.657. The van der Waals surface area contributed by atoms with Crippen molar-refractivity contribution in [3.63, 3.8) is 0 Å². The second-order valence-corrected chi connectivity index (χ2v) is 8.43. The molecule has 146 valence electrons. The number of rotatable bonds is 7. The Morgan fingerprint density at radius 3 is 2.32 bits per heavy atom. The molecule has 0 radical (unpaired) electrons. The molecule has 1 aromatic heterocycles. The first-order chi connectivity index (χ1) is 13.4. The van der Waals surface area contributed by atoms with Crippen molar-refractivity contribution in [2.24, 2.45) is 0 Å². The maximum absolute atomic E-state index is 13.2. The molecule has 7 heteroatoms. The van der Waals surface area contributed by atoms with E-state index in [0.29, 0.717) is 11.3 Å². The number of hydrogen-bond acceptors (Lipinski definition) is 5. The normalized spacial score (nSPS) is 12.4. The number of nitrogens with one attached hydrogen (secondary N) is 1. The average molecular weight is 399 g/mol. The Morgan fingerprint density at radius 1 is 1.07 bits per heavy atom. The third-order valence-electron chi connectivity index (χ3n) is 4.38. The SMILES string of the molecule is COc1ccc(S(=O)(=O)C(CNC(=O)c2ccc(C)cc2)c2ccco2)cc1. The van der Waals surface area contributed by atoms with Crippen molar-refractivity contribution >= 4 is 15.7 Å². The van der Waals surface area contributed by atoms with E-state index >= 15 is 0 Å². The summed E-state index contributed by atoms with van der Waals surface area (Å²) in [5, 5.41) is 1.65. The van der Waals surface area contributed by atoms with Crippen molar-refractivity contribution in [2.45, 2.75) is 17.1 Å². The Labute approximate surface area is 164 Å². The number of aryl methyl sites for hydroxylation is 1. The molecule has 0 saturated carbocycles. The Balaban J connectivity index is 1.85. The fourth-order valence-corrected chi connectivity index (χ4v) is 4.35. The standard InChI is InChI=1S/C21H21NO5S/c1-15-5-7-16(8-6-15)21(23)22-14-20(19-4-3-13-27-19)28(24,25)18-11-9-17(26-2)10-12-18/h3-13,20H,14H2,1-2H3,(H,22,23). The van der Waals surface area contributed by atoms with Gasteiger partial charge < -0.3 is 14.5 Å². The van der Waals surface area contributed by atoms with Gasteiger partial charge in [-0.1, -0.05) is 17.7 Å². The third kappa shape index (κ3) is 4.26. The summed E-state index contributed by atoms with van der Waals surface area (Å²) in [5.74, 6) is 0.475.